The largest absolute Gasteiger partial charge is 0.497 e. The Hall–Kier alpha value is -1.64. The first-order valence-electron chi connectivity index (χ1n) is 4.28. The lowest BCUT2D eigenvalue weighted by Crippen LogP contribution is -2.09. The summed E-state index contributed by atoms with van der Waals surface area (Å²) in [4.78, 5) is 21.7. The van der Waals surface area contributed by atoms with Crippen LogP contribution < -0.4 is 4.74 Å². The molecule has 0 aliphatic carbocycles. The molecule has 3 nitrogen and oxygen atoms in total. The molecule has 0 heterocycles. The van der Waals surface area contributed by atoms with Crippen molar-refractivity contribution in [1.29, 1.82) is 0 Å². The quantitative estimate of drug-likeness (QED) is 0.537. The van der Waals surface area contributed by atoms with Crippen molar-refractivity contribution in [2.75, 3.05) is 7.11 Å². The summed E-state index contributed by atoms with van der Waals surface area (Å²) in [5, 5.41) is 0. The number of Topliss-reactive ketones (excluding diaryl/α,β-unsaturated/α-hetero) is 1. The maximum atomic E-state index is 11.1. The predicted octanol–water partition coefficient (Wildman–Crippen LogP) is 1.57. The van der Waals surface area contributed by atoms with Gasteiger partial charge in [0, 0.05) is 0 Å². The van der Waals surface area contributed by atoms with E-state index >= 15 is 0 Å². The number of benzene rings is 1. The summed E-state index contributed by atoms with van der Waals surface area (Å²) in [6, 6.07) is 6.90. The van der Waals surface area contributed by atoms with Crippen LogP contribution in [0.15, 0.2) is 24.3 Å². The van der Waals surface area contributed by atoms with Gasteiger partial charge in [0.15, 0.2) is 0 Å². The van der Waals surface area contributed by atoms with Crippen LogP contribution >= 0.6 is 0 Å². The van der Waals surface area contributed by atoms with E-state index in [0.29, 0.717) is 17.6 Å². The molecule has 1 aromatic carbocycles. The number of ketones is 1. The zero-order valence-electron chi connectivity index (χ0n) is 8.19. The zero-order chi connectivity index (χ0) is 10.6. The first kappa shape index (κ1) is 10.4. The maximum Gasteiger partial charge on any atom is 0.144 e. The summed E-state index contributed by atoms with van der Waals surface area (Å²) < 4.78 is 4.97. The molecule has 14 heavy (non-hydrogen) atoms. The fourth-order valence-corrected chi connectivity index (χ4v) is 1.22. The molecule has 0 radical (unpaired) electrons. The Bertz CT molecular complexity index is 327. The molecule has 0 bridgehead atoms. The number of carbonyl (C=O) groups excluding carboxylic acids is 2. The van der Waals surface area contributed by atoms with E-state index in [2.05, 4.69) is 0 Å². The molecule has 1 unspecified atom stereocenters. The molecule has 1 rings (SSSR count). The number of methoxy groups -OCH3 is 1. The molecule has 0 spiro atoms. The number of aldehydes is 1. The number of carbonyl (C=O) groups is 2. The molecule has 0 saturated heterocycles. The molecular weight excluding hydrogens is 180 g/mol. The second kappa shape index (κ2) is 4.56. The molecule has 1 atom stereocenters. The number of hydrogen-bond acceptors (Lipinski definition) is 3. The van der Waals surface area contributed by atoms with Crippen LogP contribution in [0.3, 0.4) is 0 Å². The molecule has 0 fully saturated rings. The number of rotatable bonds is 4. The standard InChI is InChI=1S/C11H12O3/c1-8(13)11(7-12)9-3-5-10(14-2)6-4-9/h3-7,11H,1-2H3. The van der Waals surface area contributed by atoms with Gasteiger partial charge in [0.2, 0.25) is 0 Å². The molecule has 0 amide bonds. The van der Waals surface area contributed by atoms with E-state index in [9.17, 15) is 9.59 Å². The van der Waals surface area contributed by atoms with Gasteiger partial charge in [0.25, 0.3) is 0 Å². The number of ether oxygens (including phenoxy) is 1. The Labute approximate surface area is 82.7 Å². The molecule has 0 aliphatic heterocycles. The normalized spacial score (nSPS) is 11.9. The highest BCUT2D eigenvalue weighted by Gasteiger charge is 2.14. The predicted molar refractivity (Wildman–Crippen MR) is 52.5 cm³/mol. The van der Waals surface area contributed by atoms with Crippen molar-refractivity contribution in [3.63, 3.8) is 0 Å². The summed E-state index contributed by atoms with van der Waals surface area (Å²) >= 11 is 0. The highest BCUT2D eigenvalue weighted by atomic mass is 16.5. The Balaban J connectivity index is 2.94. The highest BCUT2D eigenvalue weighted by molar-refractivity contribution is 5.97. The lowest BCUT2D eigenvalue weighted by atomic mass is 9.97. The van der Waals surface area contributed by atoms with E-state index < -0.39 is 5.92 Å². The van der Waals surface area contributed by atoms with Crippen LogP contribution in [0.25, 0.3) is 0 Å². The third-order valence-electron chi connectivity index (χ3n) is 2.05. The van der Waals surface area contributed by atoms with Crippen LogP contribution in [0, 0.1) is 0 Å². The fraction of sp³-hybridized carbons (Fsp3) is 0.273. The maximum absolute atomic E-state index is 11.1. The van der Waals surface area contributed by atoms with Crippen molar-refractivity contribution in [2.24, 2.45) is 0 Å². The van der Waals surface area contributed by atoms with Crippen LogP contribution in [-0.2, 0) is 9.59 Å². The van der Waals surface area contributed by atoms with Crippen LogP contribution in [0.5, 0.6) is 5.75 Å². The van der Waals surface area contributed by atoms with Crippen molar-refractivity contribution in [3.8, 4) is 5.75 Å². The molecule has 0 N–H and O–H groups in total. The van der Waals surface area contributed by atoms with Gasteiger partial charge in [-0.25, -0.2) is 0 Å². The van der Waals surface area contributed by atoms with Gasteiger partial charge in [-0.05, 0) is 24.6 Å². The second-order valence-electron chi connectivity index (χ2n) is 3.00. The summed E-state index contributed by atoms with van der Waals surface area (Å²) in [5.41, 5.74) is 0.702. The Morgan fingerprint density at radius 3 is 2.29 bits per heavy atom. The third-order valence-corrected chi connectivity index (χ3v) is 2.05. The van der Waals surface area contributed by atoms with Gasteiger partial charge in [-0.2, -0.15) is 0 Å². The van der Waals surface area contributed by atoms with Gasteiger partial charge in [-0.3, -0.25) is 4.79 Å². The van der Waals surface area contributed by atoms with E-state index in [4.69, 9.17) is 4.74 Å². The summed E-state index contributed by atoms with van der Waals surface area (Å²) in [7, 11) is 1.57. The highest BCUT2D eigenvalue weighted by Crippen LogP contribution is 2.18. The molecule has 0 saturated carbocycles. The van der Waals surface area contributed by atoms with Gasteiger partial charge in [0.1, 0.15) is 17.8 Å². The molecular formula is C11H12O3. The molecule has 1 aromatic rings. The third kappa shape index (κ3) is 2.19. The lowest BCUT2D eigenvalue weighted by Gasteiger charge is -2.07. The Kier molecular flexibility index (Phi) is 3.40. The topological polar surface area (TPSA) is 43.4 Å². The molecule has 0 aliphatic rings. The van der Waals surface area contributed by atoms with Gasteiger partial charge in [0.05, 0.1) is 13.0 Å². The van der Waals surface area contributed by atoms with Gasteiger partial charge in [-0.1, -0.05) is 12.1 Å². The first-order valence-corrected chi connectivity index (χ1v) is 4.28. The van der Waals surface area contributed by atoms with Crippen molar-refractivity contribution in [3.05, 3.63) is 29.8 Å². The summed E-state index contributed by atoms with van der Waals surface area (Å²) in [6.45, 7) is 1.41. The Morgan fingerprint density at radius 2 is 1.93 bits per heavy atom. The molecule has 0 aromatic heterocycles. The Morgan fingerprint density at radius 1 is 1.36 bits per heavy atom. The van der Waals surface area contributed by atoms with Crippen molar-refractivity contribution < 1.29 is 14.3 Å². The smallest absolute Gasteiger partial charge is 0.144 e. The van der Waals surface area contributed by atoms with E-state index in [-0.39, 0.29) is 5.78 Å². The van der Waals surface area contributed by atoms with Crippen LogP contribution in [0.2, 0.25) is 0 Å². The molecule has 3 heteroatoms. The second-order valence-corrected chi connectivity index (χ2v) is 3.00. The van der Waals surface area contributed by atoms with E-state index in [1.807, 2.05) is 0 Å². The monoisotopic (exact) mass is 192 g/mol. The van der Waals surface area contributed by atoms with Gasteiger partial charge in [-0.15, -0.1) is 0 Å². The van der Waals surface area contributed by atoms with Crippen LogP contribution in [0.1, 0.15) is 18.4 Å². The van der Waals surface area contributed by atoms with Gasteiger partial charge >= 0.3 is 0 Å². The minimum atomic E-state index is -0.652. The zero-order valence-corrected chi connectivity index (χ0v) is 8.19. The van der Waals surface area contributed by atoms with Crippen LogP contribution in [0.4, 0.5) is 0 Å². The van der Waals surface area contributed by atoms with Crippen molar-refractivity contribution >= 4 is 12.1 Å². The van der Waals surface area contributed by atoms with E-state index in [0.717, 1.165) is 0 Å². The van der Waals surface area contributed by atoms with Crippen molar-refractivity contribution in [1.82, 2.24) is 0 Å². The van der Waals surface area contributed by atoms with Crippen molar-refractivity contribution in [2.45, 2.75) is 12.8 Å². The van der Waals surface area contributed by atoms with E-state index in [1.54, 1.807) is 31.4 Å². The average Bonchev–Trinajstić information content (AvgIpc) is 2.19. The van der Waals surface area contributed by atoms with Crippen LogP contribution in [-0.4, -0.2) is 19.2 Å². The number of hydrogen-bond donors (Lipinski definition) is 0. The van der Waals surface area contributed by atoms with Gasteiger partial charge < -0.3 is 9.53 Å². The minimum Gasteiger partial charge on any atom is -0.497 e. The average molecular weight is 192 g/mol. The molecule has 74 valence electrons. The minimum absolute atomic E-state index is 0.148. The van der Waals surface area contributed by atoms with E-state index in [1.165, 1.54) is 6.92 Å². The SMILES string of the molecule is COc1ccc(C(C=O)C(C)=O)cc1. The fourth-order valence-electron chi connectivity index (χ4n) is 1.22. The first-order chi connectivity index (χ1) is 6.69. The lowest BCUT2D eigenvalue weighted by molar-refractivity contribution is -0.122. The summed E-state index contributed by atoms with van der Waals surface area (Å²) in [6.07, 6.45) is 0.657. The summed E-state index contributed by atoms with van der Waals surface area (Å²) in [5.74, 6) is -0.0898.